The number of nitrogens with zero attached hydrogens (tertiary/aromatic N) is 3. The fourth-order valence-electron chi connectivity index (χ4n) is 6.12. The normalized spacial score (nSPS) is 22.2. The fraction of sp³-hybridized carbons (Fsp3) is 0.724. The van der Waals surface area contributed by atoms with Gasteiger partial charge in [-0.1, -0.05) is 51.1 Å². The van der Waals surface area contributed by atoms with Gasteiger partial charge in [0.25, 0.3) is 0 Å². The van der Waals surface area contributed by atoms with E-state index >= 15 is 0 Å². The van der Waals surface area contributed by atoms with Gasteiger partial charge in [0.2, 0.25) is 11.8 Å². The first-order valence-corrected chi connectivity index (χ1v) is 13.6. The zero-order valence-corrected chi connectivity index (χ0v) is 21.7. The molecule has 188 valence electrons. The van der Waals surface area contributed by atoms with Crippen molar-refractivity contribution < 1.29 is 9.59 Å². The van der Waals surface area contributed by atoms with Crippen molar-refractivity contribution in [3.05, 3.63) is 35.9 Å². The third-order valence-corrected chi connectivity index (χ3v) is 8.19. The molecule has 0 unspecified atom stereocenters. The third-order valence-electron chi connectivity index (χ3n) is 8.19. The Labute approximate surface area is 206 Å². The topological polar surface area (TPSA) is 43.9 Å². The lowest BCUT2D eigenvalue weighted by Crippen LogP contribution is -2.51. The Balaban J connectivity index is 1.16. The van der Waals surface area contributed by atoms with Crippen molar-refractivity contribution in [1.29, 1.82) is 0 Å². The van der Waals surface area contributed by atoms with Crippen molar-refractivity contribution in [2.75, 3.05) is 39.3 Å². The van der Waals surface area contributed by atoms with Gasteiger partial charge >= 0.3 is 0 Å². The molecule has 3 heterocycles. The van der Waals surface area contributed by atoms with Crippen molar-refractivity contribution >= 4 is 11.8 Å². The highest BCUT2D eigenvalue weighted by Gasteiger charge is 2.34. The maximum absolute atomic E-state index is 13.2. The standard InChI is InChI=1S/C29H45N3O2/c1-29(2,3)22-27(33)31-19-13-26(14-20-31)30-17-11-25(12-18-30)28(34)32-15-9-24(10-16-32)21-23-7-5-4-6-8-23/h4-8,24-26H,9-22H2,1-3H3. The summed E-state index contributed by atoms with van der Waals surface area (Å²) in [7, 11) is 0. The van der Waals surface area contributed by atoms with E-state index in [1.165, 1.54) is 5.56 Å². The molecule has 0 aliphatic carbocycles. The van der Waals surface area contributed by atoms with E-state index in [1.54, 1.807) is 0 Å². The summed E-state index contributed by atoms with van der Waals surface area (Å²) in [5.41, 5.74) is 1.48. The highest BCUT2D eigenvalue weighted by molar-refractivity contribution is 5.79. The van der Waals surface area contributed by atoms with Gasteiger partial charge in [-0.15, -0.1) is 0 Å². The molecule has 3 saturated heterocycles. The van der Waals surface area contributed by atoms with Crippen LogP contribution in [-0.4, -0.2) is 71.8 Å². The van der Waals surface area contributed by atoms with Crippen LogP contribution in [0.3, 0.4) is 0 Å². The van der Waals surface area contributed by atoms with Gasteiger partial charge in [-0.25, -0.2) is 0 Å². The molecule has 0 radical (unpaired) electrons. The Kier molecular flexibility index (Phi) is 8.34. The van der Waals surface area contributed by atoms with E-state index in [2.05, 4.69) is 65.8 Å². The molecule has 3 aliphatic heterocycles. The molecule has 2 amide bonds. The number of likely N-dealkylation sites (tertiary alicyclic amines) is 3. The Morgan fingerprint density at radius 3 is 1.97 bits per heavy atom. The molecule has 0 bridgehead atoms. The number of benzene rings is 1. The quantitative estimate of drug-likeness (QED) is 0.635. The summed E-state index contributed by atoms with van der Waals surface area (Å²) < 4.78 is 0. The Bertz CT molecular complexity index is 794. The molecule has 1 aromatic rings. The van der Waals surface area contributed by atoms with Gasteiger partial charge in [0.1, 0.15) is 0 Å². The van der Waals surface area contributed by atoms with E-state index in [0.717, 1.165) is 84.2 Å². The van der Waals surface area contributed by atoms with E-state index in [1.807, 2.05) is 0 Å². The van der Waals surface area contributed by atoms with Gasteiger partial charge in [-0.3, -0.25) is 9.59 Å². The molecule has 5 nitrogen and oxygen atoms in total. The van der Waals surface area contributed by atoms with Crippen LogP contribution in [-0.2, 0) is 16.0 Å². The lowest BCUT2D eigenvalue weighted by molar-refractivity contribution is -0.139. The Morgan fingerprint density at radius 2 is 1.38 bits per heavy atom. The minimum atomic E-state index is 0.0551. The van der Waals surface area contributed by atoms with E-state index < -0.39 is 0 Å². The molecule has 0 atom stereocenters. The lowest BCUT2D eigenvalue weighted by Gasteiger charge is -2.43. The highest BCUT2D eigenvalue weighted by Crippen LogP contribution is 2.29. The summed E-state index contributed by atoms with van der Waals surface area (Å²) in [4.78, 5) is 32.6. The summed E-state index contributed by atoms with van der Waals surface area (Å²) in [6, 6.07) is 11.3. The zero-order chi connectivity index (χ0) is 24.1. The number of piperidine rings is 3. The SMILES string of the molecule is CC(C)(C)CC(=O)N1CCC(N2CCC(C(=O)N3CCC(Cc4ccccc4)CC3)CC2)CC1. The average molecular weight is 468 g/mol. The van der Waals surface area contributed by atoms with E-state index in [-0.39, 0.29) is 11.3 Å². The van der Waals surface area contributed by atoms with Crippen molar-refractivity contribution in [3.63, 3.8) is 0 Å². The predicted octanol–water partition coefficient (Wildman–Crippen LogP) is 4.61. The third kappa shape index (κ3) is 6.84. The zero-order valence-electron chi connectivity index (χ0n) is 21.7. The molecule has 0 spiro atoms. The molecule has 1 aromatic carbocycles. The molecular formula is C29H45N3O2. The van der Waals surface area contributed by atoms with Gasteiger partial charge in [-0.2, -0.15) is 0 Å². The number of hydrogen-bond donors (Lipinski definition) is 0. The van der Waals surface area contributed by atoms with Gasteiger partial charge in [0.15, 0.2) is 0 Å². The van der Waals surface area contributed by atoms with Gasteiger partial charge in [-0.05, 0) is 74.9 Å². The second-order valence-corrected chi connectivity index (χ2v) is 12.1. The van der Waals surface area contributed by atoms with E-state index in [4.69, 9.17) is 0 Å². The Hall–Kier alpha value is -1.88. The van der Waals surface area contributed by atoms with Crippen LogP contribution in [0.4, 0.5) is 0 Å². The molecule has 3 aliphatic rings. The number of rotatable bonds is 5. The maximum atomic E-state index is 13.2. The largest absolute Gasteiger partial charge is 0.343 e. The molecule has 34 heavy (non-hydrogen) atoms. The summed E-state index contributed by atoms with van der Waals surface area (Å²) >= 11 is 0. The van der Waals surface area contributed by atoms with E-state index in [9.17, 15) is 9.59 Å². The summed E-state index contributed by atoms with van der Waals surface area (Å²) in [6.07, 6.45) is 8.17. The first kappa shape index (κ1) is 25.2. The molecule has 4 rings (SSSR count). The first-order chi connectivity index (χ1) is 16.3. The minimum absolute atomic E-state index is 0.0551. The number of carbonyl (C=O) groups is 2. The van der Waals surface area contributed by atoms with Crippen LogP contribution >= 0.6 is 0 Å². The number of hydrogen-bond acceptors (Lipinski definition) is 3. The van der Waals surface area contributed by atoms with Crippen molar-refractivity contribution in [2.24, 2.45) is 17.3 Å². The van der Waals surface area contributed by atoms with Crippen LogP contribution in [0.25, 0.3) is 0 Å². The molecular weight excluding hydrogens is 422 g/mol. The highest BCUT2D eigenvalue weighted by atomic mass is 16.2. The van der Waals surface area contributed by atoms with Crippen LogP contribution < -0.4 is 0 Å². The first-order valence-electron chi connectivity index (χ1n) is 13.6. The van der Waals surface area contributed by atoms with Crippen molar-refractivity contribution in [3.8, 4) is 0 Å². The number of carbonyl (C=O) groups excluding carboxylic acids is 2. The van der Waals surface area contributed by atoms with Gasteiger partial charge < -0.3 is 14.7 Å². The average Bonchev–Trinajstić information content (AvgIpc) is 2.84. The predicted molar refractivity (Wildman–Crippen MR) is 137 cm³/mol. The van der Waals surface area contributed by atoms with Crippen molar-refractivity contribution in [2.45, 2.75) is 78.2 Å². The second kappa shape index (κ2) is 11.2. The van der Waals surface area contributed by atoms with Gasteiger partial charge in [0.05, 0.1) is 0 Å². The summed E-state index contributed by atoms with van der Waals surface area (Å²) in [5.74, 6) is 1.62. The number of amides is 2. The van der Waals surface area contributed by atoms with Crippen molar-refractivity contribution in [1.82, 2.24) is 14.7 Å². The van der Waals surface area contributed by atoms with E-state index in [0.29, 0.717) is 30.2 Å². The minimum Gasteiger partial charge on any atom is -0.343 e. The smallest absolute Gasteiger partial charge is 0.225 e. The van der Waals surface area contributed by atoms with Crippen LogP contribution in [0.15, 0.2) is 30.3 Å². The monoisotopic (exact) mass is 467 g/mol. The summed E-state index contributed by atoms with van der Waals surface area (Å²) in [6.45, 7) is 12.1. The second-order valence-electron chi connectivity index (χ2n) is 12.1. The lowest BCUT2D eigenvalue weighted by atomic mass is 9.88. The Morgan fingerprint density at radius 1 is 0.794 bits per heavy atom. The fourth-order valence-corrected chi connectivity index (χ4v) is 6.12. The molecule has 3 fully saturated rings. The molecule has 0 N–H and O–H groups in total. The van der Waals surface area contributed by atoms with Crippen LogP contribution in [0.1, 0.15) is 71.3 Å². The maximum Gasteiger partial charge on any atom is 0.225 e. The van der Waals surface area contributed by atoms with Crippen LogP contribution in [0.2, 0.25) is 0 Å². The van der Waals surface area contributed by atoms with Crippen LogP contribution in [0, 0.1) is 17.3 Å². The molecule has 0 saturated carbocycles. The van der Waals surface area contributed by atoms with Crippen LogP contribution in [0.5, 0.6) is 0 Å². The summed E-state index contributed by atoms with van der Waals surface area (Å²) in [5, 5.41) is 0. The van der Waals surface area contributed by atoms with Gasteiger partial charge in [0, 0.05) is 44.6 Å². The molecule has 5 heteroatoms. The molecule has 0 aromatic heterocycles.